The van der Waals surface area contributed by atoms with Gasteiger partial charge in [0.2, 0.25) is 21.8 Å². The number of nitrogens with one attached hydrogen (secondary N) is 1. The Balaban J connectivity index is 1.44. The largest absolute Gasteiger partial charge is 0.312 e. The molecule has 2 fully saturated rings. The Bertz CT molecular complexity index is 998. The van der Waals surface area contributed by atoms with Crippen molar-refractivity contribution in [2.24, 2.45) is 5.92 Å². The van der Waals surface area contributed by atoms with E-state index >= 15 is 0 Å². The van der Waals surface area contributed by atoms with Crippen molar-refractivity contribution in [2.75, 3.05) is 29.9 Å². The standard InChI is InChI=1S/C20H24N4O4S2/c25-18-13-15(19(26)22-20-21-9-12-29-20)14-24(18)16-5-7-17(8-6-16)30(27,28)23-10-3-1-2-4-11-23/h5-9,12,15H,1-4,10-11,13-14H2,(H,21,22,26). The lowest BCUT2D eigenvalue weighted by molar-refractivity contribution is -0.122. The van der Waals surface area contributed by atoms with Gasteiger partial charge in [-0.2, -0.15) is 4.31 Å². The molecule has 4 rings (SSSR count). The Morgan fingerprint density at radius 1 is 1.10 bits per heavy atom. The number of carbonyl (C=O) groups excluding carboxylic acids is 2. The van der Waals surface area contributed by atoms with Crippen molar-refractivity contribution in [2.45, 2.75) is 37.0 Å². The van der Waals surface area contributed by atoms with Crippen LogP contribution in [-0.4, -0.2) is 49.2 Å². The molecule has 1 unspecified atom stereocenters. The van der Waals surface area contributed by atoms with Gasteiger partial charge in [-0.05, 0) is 37.1 Å². The van der Waals surface area contributed by atoms with E-state index < -0.39 is 15.9 Å². The maximum Gasteiger partial charge on any atom is 0.243 e. The molecule has 0 bridgehead atoms. The molecule has 1 aromatic carbocycles. The Labute approximate surface area is 180 Å². The number of carbonyl (C=O) groups is 2. The number of benzene rings is 1. The normalized spacial score (nSPS) is 20.9. The topological polar surface area (TPSA) is 99.7 Å². The van der Waals surface area contributed by atoms with Crippen LogP contribution in [0.4, 0.5) is 10.8 Å². The van der Waals surface area contributed by atoms with Crippen molar-refractivity contribution in [3.05, 3.63) is 35.8 Å². The van der Waals surface area contributed by atoms with E-state index in [1.54, 1.807) is 40.1 Å². The SMILES string of the molecule is O=C(Nc1nccs1)C1CC(=O)N(c2ccc(S(=O)(=O)N3CCCCCC3)cc2)C1. The van der Waals surface area contributed by atoms with Crippen LogP contribution in [0.15, 0.2) is 40.7 Å². The molecule has 0 saturated carbocycles. The van der Waals surface area contributed by atoms with Gasteiger partial charge >= 0.3 is 0 Å². The second-order valence-corrected chi connectivity index (χ2v) is 10.4. The van der Waals surface area contributed by atoms with Crippen LogP contribution in [0, 0.1) is 5.92 Å². The number of hydrogen-bond acceptors (Lipinski definition) is 6. The van der Waals surface area contributed by atoms with Gasteiger partial charge in [-0.25, -0.2) is 13.4 Å². The molecular formula is C20H24N4O4S2. The lowest BCUT2D eigenvalue weighted by atomic mass is 10.1. The highest BCUT2D eigenvalue weighted by molar-refractivity contribution is 7.89. The summed E-state index contributed by atoms with van der Waals surface area (Å²) in [6.07, 6.45) is 5.59. The molecule has 2 saturated heterocycles. The molecule has 10 heteroatoms. The smallest absolute Gasteiger partial charge is 0.243 e. The van der Waals surface area contributed by atoms with Gasteiger partial charge in [0.15, 0.2) is 5.13 Å². The molecule has 2 amide bonds. The lowest BCUT2D eigenvalue weighted by Crippen LogP contribution is -2.32. The first kappa shape index (κ1) is 21.0. The van der Waals surface area contributed by atoms with Crippen LogP contribution in [0.3, 0.4) is 0 Å². The summed E-state index contributed by atoms with van der Waals surface area (Å²) in [7, 11) is -3.53. The molecule has 3 heterocycles. The first-order valence-corrected chi connectivity index (χ1v) is 12.4. The van der Waals surface area contributed by atoms with Gasteiger partial charge in [0, 0.05) is 43.3 Å². The van der Waals surface area contributed by atoms with Gasteiger partial charge in [0.1, 0.15) is 0 Å². The van der Waals surface area contributed by atoms with Crippen molar-refractivity contribution in [1.29, 1.82) is 0 Å². The van der Waals surface area contributed by atoms with Crippen molar-refractivity contribution in [3.8, 4) is 0 Å². The second-order valence-electron chi connectivity index (χ2n) is 7.54. The monoisotopic (exact) mass is 448 g/mol. The van der Waals surface area contributed by atoms with E-state index in [0.717, 1.165) is 25.7 Å². The molecule has 30 heavy (non-hydrogen) atoms. The zero-order valence-electron chi connectivity index (χ0n) is 16.5. The predicted molar refractivity (Wildman–Crippen MR) is 115 cm³/mol. The first-order chi connectivity index (χ1) is 14.4. The highest BCUT2D eigenvalue weighted by Gasteiger charge is 2.35. The number of nitrogens with zero attached hydrogens (tertiary/aromatic N) is 3. The zero-order valence-corrected chi connectivity index (χ0v) is 18.1. The van der Waals surface area contributed by atoms with Crippen LogP contribution in [0.25, 0.3) is 0 Å². The van der Waals surface area contributed by atoms with Gasteiger partial charge in [-0.1, -0.05) is 12.8 Å². The minimum Gasteiger partial charge on any atom is -0.312 e. The molecule has 1 aromatic heterocycles. The average Bonchev–Trinajstić information content (AvgIpc) is 3.29. The van der Waals surface area contributed by atoms with Gasteiger partial charge in [-0.15, -0.1) is 11.3 Å². The molecule has 0 radical (unpaired) electrons. The third-order valence-electron chi connectivity index (χ3n) is 5.51. The van der Waals surface area contributed by atoms with Crippen LogP contribution in [0.2, 0.25) is 0 Å². The van der Waals surface area contributed by atoms with E-state index in [4.69, 9.17) is 0 Å². The van der Waals surface area contributed by atoms with E-state index in [0.29, 0.717) is 23.9 Å². The molecular weight excluding hydrogens is 424 g/mol. The van der Waals surface area contributed by atoms with E-state index in [1.807, 2.05) is 0 Å². The maximum absolute atomic E-state index is 12.9. The minimum absolute atomic E-state index is 0.116. The van der Waals surface area contributed by atoms with Crippen LogP contribution in [0.5, 0.6) is 0 Å². The number of rotatable bonds is 5. The number of amides is 2. The van der Waals surface area contributed by atoms with Crippen LogP contribution < -0.4 is 10.2 Å². The average molecular weight is 449 g/mol. The van der Waals surface area contributed by atoms with Crippen molar-refractivity contribution in [1.82, 2.24) is 9.29 Å². The van der Waals surface area contributed by atoms with Crippen molar-refractivity contribution < 1.29 is 18.0 Å². The third-order valence-corrected chi connectivity index (χ3v) is 8.11. The van der Waals surface area contributed by atoms with Crippen LogP contribution in [-0.2, 0) is 19.6 Å². The highest BCUT2D eigenvalue weighted by atomic mass is 32.2. The Kier molecular flexibility index (Phi) is 6.16. The fourth-order valence-electron chi connectivity index (χ4n) is 3.85. The predicted octanol–water partition coefficient (Wildman–Crippen LogP) is 2.70. The fraction of sp³-hybridized carbons (Fsp3) is 0.450. The van der Waals surface area contributed by atoms with E-state index in [-0.39, 0.29) is 29.7 Å². The van der Waals surface area contributed by atoms with Gasteiger partial charge in [0.25, 0.3) is 0 Å². The second kappa shape index (κ2) is 8.83. The molecule has 8 nitrogen and oxygen atoms in total. The number of aromatic nitrogens is 1. The molecule has 1 N–H and O–H groups in total. The summed E-state index contributed by atoms with van der Waals surface area (Å²) in [6, 6.07) is 6.38. The summed E-state index contributed by atoms with van der Waals surface area (Å²) >= 11 is 1.32. The minimum atomic E-state index is -3.53. The third kappa shape index (κ3) is 4.40. The van der Waals surface area contributed by atoms with Gasteiger partial charge in [0.05, 0.1) is 10.8 Å². The number of sulfonamides is 1. The van der Waals surface area contributed by atoms with Crippen LogP contribution in [0.1, 0.15) is 32.1 Å². The fourth-order valence-corrected chi connectivity index (χ4v) is 5.90. The van der Waals surface area contributed by atoms with Crippen molar-refractivity contribution >= 4 is 44.0 Å². The first-order valence-electron chi connectivity index (χ1n) is 10.1. The number of thiazole rings is 1. The Morgan fingerprint density at radius 3 is 2.43 bits per heavy atom. The quantitative estimate of drug-likeness (QED) is 0.758. The Morgan fingerprint density at radius 2 is 1.80 bits per heavy atom. The summed E-state index contributed by atoms with van der Waals surface area (Å²) in [5, 5.41) is 5.01. The molecule has 160 valence electrons. The molecule has 2 aliphatic heterocycles. The Hall–Kier alpha value is -2.30. The lowest BCUT2D eigenvalue weighted by Gasteiger charge is -2.21. The van der Waals surface area contributed by atoms with E-state index in [2.05, 4.69) is 10.3 Å². The summed E-state index contributed by atoms with van der Waals surface area (Å²) in [5.74, 6) is -0.861. The molecule has 2 aromatic rings. The maximum atomic E-state index is 12.9. The highest BCUT2D eigenvalue weighted by Crippen LogP contribution is 2.28. The van der Waals surface area contributed by atoms with Crippen molar-refractivity contribution in [3.63, 3.8) is 0 Å². The summed E-state index contributed by atoms with van der Waals surface area (Å²) in [4.78, 5) is 30.7. The zero-order chi connectivity index (χ0) is 21.1. The van der Waals surface area contributed by atoms with E-state index in [1.165, 1.54) is 16.2 Å². The van der Waals surface area contributed by atoms with Gasteiger partial charge in [-0.3, -0.25) is 9.59 Å². The molecule has 2 aliphatic rings. The van der Waals surface area contributed by atoms with Gasteiger partial charge < -0.3 is 10.2 Å². The molecule has 0 spiro atoms. The number of hydrogen-bond donors (Lipinski definition) is 1. The molecule has 0 aliphatic carbocycles. The summed E-state index contributed by atoms with van der Waals surface area (Å²) in [5.41, 5.74) is 0.597. The van der Waals surface area contributed by atoms with Crippen LogP contribution >= 0.6 is 11.3 Å². The summed E-state index contributed by atoms with van der Waals surface area (Å²) in [6.45, 7) is 1.35. The van der Waals surface area contributed by atoms with E-state index in [9.17, 15) is 18.0 Å². The molecule has 1 atom stereocenters. The summed E-state index contributed by atoms with van der Waals surface area (Å²) < 4.78 is 27.4. The number of anilines is 2.